The number of imide groups is 1. The summed E-state index contributed by atoms with van der Waals surface area (Å²) in [5.74, 6) is -0.542. The van der Waals surface area contributed by atoms with Gasteiger partial charge in [-0.1, -0.05) is 0 Å². The van der Waals surface area contributed by atoms with Crippen LogP contribution in [0.5, 0.6) is 0 Å². The maximum atomic E-state index is 12.2. The highest BCUT2D eigenvalue weighted by Gasteiger charge is 2.48. The zero-order valence-electron chi connectivity index (χ0n) is 12.6. The fraction of sp³-hybridized carbons (Fsp3) is 0.429. The fourth-order valence-electron chi connectivity index (χ4n) is 2.08. The molecule has 2 heterocycles. The second-order valence-corrected chi connectivity index (χ2v) is 5.90. The number of pyridine rings is 1. The summed E-state index contributed by atoms with van der Waals surface area (Å²) in [6.45, 7) is 5.06. The third-order valence-electron chi connectivity index (χ3n) is 3.01. The van der Waals surface area contributed by atoms with Gasteiger partial charge in [-0.2, -0.15) is 0 Å². The SMILES string of the molecule is CC(C)(C)OC(=O)NCC1(c2ccncc2)NC(=O)NC1=O. The average Bonchev–Trinajstić information content (AvgIpc) is 2.71. The molecule has 2 rings (SSSR count). The lowest BCUT2D eigenvalue weighted by Gasteiger charge is -2.27. The zero-order valence-corrected chi connectivity index (χ0v) is 12.6. The Morgan fingerprint density at radius 1 is 1.32 bits per heavy atom. The topological polar surface area (TPSA) is 109 Å². The van der Waals surface area contributed by atoms with Crippen molar-refractivity contribution in [3.8, 4) is 0 Å². The number of nitrogens with one attached hydrogen (secondary N) is 3. The first-order chi connectivity index (χ1) is 10.2. The number of hydrogen-bond acceptors (Lipinski definition) is 5. The van der Waals surface area contributed by atoms with E-state index in [9.17, 15) is 14.4 Å². The third-order valence-corrected chi connectivity index (χ3v) is 3.01. The molecular formula is C14H18N4O4. The quantitative estimate of drug-likeness (QED) is 0.710. The molecular weight excluding hydrogens is 288 g/mol. The van der Waals surface area contributed by atoms with Crippen molar-refractivity contribution >= 4 is 18.0 Å². The van der Waals surface area contributed by atoms with Crippen LogP contribution in [0, 0.1) is 0 Å². The molecule has 8 nitrogen and oxygen atoms in total. The number of aromatic nitrogens is 1. The summed E-state index contributed by atoms with van der Waals surface area (Å²) >= 11 is 0. The van der Waals surface area contributed by atoms with Crippen LogP contribution < -0.4 is 16.0 Å². The summed E-state index contributed by atoms with van der Waals surface area (Å²) in [4.78, 5) is 39.4. The maximum absolute atomic E-state index is 12.2. The lowest BCUT2D eigenvalue weighted by atomic mass is 9.90. The molecule has 0 aliphatic carbocycles. The third kappa shape index (κ3) is 3.33. The van der Waals surface area contributed by atoms with Gasteiger partial charge in [-0.15, -0.1) is 0 Å². The van der Waals surface area contributed by atoms with E-state index in [1.165, 1.54) is 12.4 Å². The normalized spacial score (nSPS) is 21.0. The Kier molecular flexibility index (Phi) is 4.03. The van der Waals surface area contributed by atoms with Gasteiger partial charge in [0.15, 0.2) is 5.54 Å². The number of carbonyl (C=O) groups excluding carboxylic acids is 3. The van der Waals surface area contributed by atoms with Crippen LogP contribution in [0.4, 0.5) is 9.59 Å². The first-order valence-corrected chi connectivity index (χ1v) is 6.74. The van der Waals surface area contributed by atoms with E-state index in [-0.39, 0.29) is 6.54 Å². The Balaban J connectivity index is 2.19. The first kappa shape index (κ1) is 15.7. The van der Waals surface area contributed by atoms with Crippen molar-refractivity contribution in [1.29, 1.82) is 0 Å². The summed E-state index contributed by atoms with van der Waals surface area (Å²) in [5, 5.41) is 7.24. The zero-order chi connectivity index (χ0) is 16.4. The van der Waals surface area contributed by atoms with Gasteiger partial charge in [0.2, 0.25) is 0 Å². The predicted octanol–water partition coefficient (Wildman–Crippen LogP) is 0.641. The molecule has 0 bridgehead atoms. The second-order valence-electron chi connectivity index (χ2n) is 5.90. The van der Waals surface area contributed by atoms with Crippen molar-refractivity contribution in [2.45, 2.75) is 31.9 Å². The molecule has 118 valence electrons. The molecule has 1 unspecified atom stereocenters. The lowest BCUT2D eigenvalue weighted by Crippen LogP contribution is -2.53. The van der Waals surface area contributed by atoms with Gasteiger partial charge in [0.25, 0.3) is 5.91 Å². The van der Waals surface area contributed by atoms with Gasteiger partial charge in [-0.25, -0.2) is 9.59 Å². The van der Waals surface area contributed by atoms with Crippen molar-refractivity contribution in [2.75, 3.05) is 6.54 Å². The van der Waals surface area contributed by atoms with Crippen LogP contribution in [0.2, 0.25) is 0 Å². The molecule has 1 aromatic heterocycles. The Morgan fingerprint density at radius 2 is 1.95 bits per heavy atom. The molecule has 0 spiro atoms. The minimum absolute atomic E-state index is 0.135. The number of ether oxygens (including phenoxy) is 1. The van der Waals surface area contributed by atoms with E-state index >= 15 is 0 Å². The number of urea groups is 1. The summed E-state index contributed by atoms with van der Waals surface area (Å²) in [6.07, 6.45) is 2.33. The standard InChI is InChI=1S/C14H18N4O4/c1-13(2,3)22-12(21)16-8-14(9-4-6-15-7-5-9)10(19)17-11(20)18-14/h4-7H,8H2,1-3H3,(H,16,21)(H2,17,18,19,20). The first-order valence-electron chi connectivity index (χ1n) is 6.74. The van der Waals surface area contributed by atoms with Crippen LogP contribution in [0.25, 0.3) is 0 Å². The van der Waals surface area contributed by atoms with E-state index in [2.05, 4.69) is 20.9 Å². The second kappa shape index (κ2) is 5.63. The van der Waals surface area contributed by atoms with Gasteiger partial charge < -0.3 is 15.4 Å². The van der Waals surface area contributed by atoms with Crippen LogP contribution in [0.15, 0.2) is 24.5 Å². The molecule has 1 atom stereocenters. The summed E-state index contributed by atoms with van der Waals surface area (Å²) < 4.78 is 5.13. The van der Waals surface area contributed by atoms with Crippen LogP contribution in [-0.2, 0) is 15.1 Å². The molecule has 1 aromatic rings. The lowest BCUT2D eigenvalue weighted by molar-refractivity contribution is -0.124. The molecule has 3 N–H and O–H groups in total. The highest BCUT2D eigenvalue weighted by molar-refractivity contribution is 6.07. The molecule has 22 heavy (non-hydrogen) atoms. The molecule has 0 saturated carbocycles. The van der Waals surface area contributed by atoms with Gasteiger partial charge in [0, 0.05) is 12.4 Å². The fourth-order valence-corrected chi connectivity index (χ4v) is 2.08. The molecule has 1 aliphatic rings. The smallest absolute Gasteiger partial charge is 0.407 e. The molecule has 0 radical (unpaired) electrons. The van der Waals surface area contributed by atoms with Gasteiger partial charge in [-0.3, -0.25) is 15.1 Å². The molecule has 8 heteroatoms. The minimum atomic E-state index is -1.38. The summed E-state index contributed by atoms with van der Waals surface area (Å²) in [5.41, 5.74) is -1.52. The number of hydrogen-bond donors (Lipinski definition) is 3. The number of carbonyl (C=O) groups is 3. The van der Waals surface area contributed by atoms with E-state index in [0.717, 1.165) is 0 Å². The number of rotatable bonds is 3. The Morgan fingerprint density at radius 3 is 2.45 bits per heavy atom. The van der Waals surface area contributed by atoms with Gasteiger partial charge >= 0.3 is 12.1 Å². The van der Waals surface area contributed by atoms with Gasteiger partial charge in [0.05, 0.1) is 6.54 Å². The predicted molar refractivity (Wildman–Crippen MR) is 76.8 cm³/mol. The van der Waals surface area contributed by atoms with Crippen LogP contribution in [0.3, 0.4) is 0 Å². The molecule has 4 amide bonds. The summed E-state index contributed by atoms with van der Waals surface area (Å²) in [7, 11) is 0. The van der Waals surface area contributed by atoms with Crippen LogP contribution >= 0.6 is 0 Å². The van der Waals surface area contributed by atoms with Crippen molar-refractivity contribution in [3.05, 3.63) is 30.1 Å². The number of alkyl carbamates (subject to hydrolysis) is 1. The van der Waals surface area contributed by atoms with E-state index in [1.54, 1.807) is 32.9 Å². The van der Waals surface area contributed by atoms with Crippen molar-refractivity contribution in [3.63, 3.8) is 0 Å². The highest BCUT2D eigenvalue weighted by atomic mass is 16.6. The van der Waals surface area contributed by atoms with Crippen molar-refractivity contribution < 1.29 is 19.1 Å². The minimum Gasteiger partial charge on any atom is -0.444 e. The molecule has 0 aromatic carbocycles. The van der Waals surface area contributed by atoms with E-state index < -0.39 is 29.2 Å². The van der Waals surface area contributed by atoms with E-state index in [0.29, 0.717) is 5.56 Å². The molecule has 1 fully saturated rings. The monoisotopic (exact) mass is 306 g/mol. The Hall–Kier alpha value is -2.64. The number of amides is 4. The van der Waals surface area contributed by atoms with Crippen LogP contribution in [0.1, 0.15) is 26.3 Å². The number of nitrogens with zero attached hydrogens (tertiary/aromatic N) is 1. The summed E-state index contributed by atoms with van der Waals surface area (Å²) in [6, 6.07) is 2.58. The van der Waals surface area contributed by atoms with Gasteiger partial charge in [0.1, 0.15) is 5.60 Å². The molecule has 1 aliphatic heterocycles. The van der Waals surface area contributed by atoms with Crippen molar-refractivity contribution in [1.82, 2.24) is 20.9 Å². The van der Waals surface area contributed by atoms with Crippen molar-refractivity contribution in [2.24, 2.45) is 0 Å². The largest absolute Gasteiger partial charge is 0.444 e. The van der Waals surface area contributed by atoms with Crippen LogP contribution in [-0.4, -0.2) is 35.2 Å². The van der Waals surface area contributed by atoms with Gasteiger partial charge in [-0.05, 0) is 38.5 Å². The van der Waals surface area contributed by atoms with E-state index in [1.807, 2.05) is 0 Å². The average molecular weight is 306 g/mol. The Bertz CT molecular complexity index is 597. The Labute approximate surface area is 127 Å². The maximum Gasteiger partial charge on any atom is 0.407 e. The molecule has 1 saturated heterocycles. The van der Waals surface area contributed by atoms with E-state index in [4.69, 9.17) is 4.74 Å². The highest BCUT2D eigenvalue weighted by Crippen LogP contribution is 2.24.